The minimum atomic E-state index is -1.19. The molecule has 1 aromatic heterocycles. The van der Waals surface area contributed by atoms with Gasteiger partial charge in [-0.25, -0.2) is 4.79 Å². The molecule has 2 aliphatic heterocycles. The van der Waals surface area contributed by atoms with Crippen LogP contribution in [-0.2, 0) is 25.6 Å². The molecule has 2 amide bonds. The zero-order chi connectivity index (χ0) is 19.8. The fourth-order valence-corrected chi connectivity index (χ4v) is 6.00. The van der Waals surface area contributed by atoms with Crippen molar-refractivity contribution in [3.63, 3.8) is 0 Å². The first-order chi connectivity index (χ1) is 12.7. The van der Waals surface area contributed by atoms with Gasteiger partial charge in [0, 0.05) is 23.3 Å². The van der Waals surface area contributed by atoms with Crippen molar-refractivity contribution in [2.75, 3.05) is 11.5 Å². The van der Waals surface area contributed by atoms with Gasteiger partial charge in [-0.05, 0) is 23.9 Å². The first kappa shape index (κ1) is 20.0. The van der Waals surface area contributed by atoms with Gasteiger partial charge in [0.15, 0.2) is 5.12 Å². The van der Waals surface area contributed by atoms with Crippen molar-refractivity contribution in [1.29, 1.82) is 0 Å². The molecule has 0 spiro atoms. The van der Waals surface area contributed by atoms with Gasteiger partial charge in [-0.1, -0.05) is 17.8 Å². The van der Waals surface area contributed by atoms with Gasteiger partial charge >= 0.3 is 5.97 Å². The summed E-state index contributed by atoms with van der Waals surface area (Å²) in [6, 6.07) is 3.70. The average Bonchev–Trinajstić information content (AvgIpc) is 3.11. The van der Waals surface area contributed by atoms with Crippen LogP contribution in [0.3, 0.4) is 0 Å². The summed E-state index contributed by atoms with van der Waals surface area (Å²) in [6.45, 7) is 3.05. The van der Waals surface area contributed by atoms with Crippen LogP contribution in [-0.4, -0.2) is 55.3 Å². The smallest absolute Gasteiger partial charge is 0.352 e. The van der Waals surface area contributed by atoms with Gasteiger partial charge in [-0.15, -0.1) is 23.1 Å². The van der Waals surface area contributed by atoms with Crippen LogP contribution < -0.4 is 5.32 Å². The molecule has 10 heteroatoms. The van der Waals surface area contributed by atoms with E-state index in [2.05, 4.69) is 5.32 Å². The monoisotopic (exact) mass is 426 g/mol. The number of carbonyl (C=O) groups excluding carboxylic acids is 3. The Balaban J connectivity index is 1.76. The summed E-state index contributed by atoms with van der Waals surface area (Å²) >= 11 is 3.88. The van der Waals surface area contributed by atoms with E-state index in [0.29, 0.717) is 11.3 Å². The lowest BCUT2D eigenvalue weighted by Crippen LogP contribution is -2.78. The molecule has 27 heavy (non-hydrogen) atoms. The molecule has 1 aromatic rings. The largest absolute Gasteiger partial charge is 0.477 e. The second kappa shape index (κ2) is 7.69. The molecule has 1 saturated heterocycles. The Labute approximate surface area is 168 Å². The number of thioether (sulfide) groups is 2. The SMILES string of the molecule is CC(=O)SCC1=C(C(=O)O)N2C(=O)[C@](C)(NC(=O)Cc3cccs3)[C@H]2SC1. The Hall–Kier alpha value is -1.78. The fourth-order valence-electron chi connectivity index (χ4n) is 3.11. The maximum Gasteiger partial charge on any atom is 0.352 e. The van der Waals surface area contributed by atoms with Crippen molar-refractivity contribution in [3.8, 4) is 0 Å². The van der Waals surface area contributed by atoms with Crippen LogP contribution in [0.25, 0.3) is 0 Å². The van der Waals surface area contributed by atoms with Crippen molar-refractivity contribution < 1.29 is 24.3 Å². The third-order valence-electron chi connectivity index (χ3n) is 4.35. The maximum absolute atomic E-state index is 12.8. The number of carboxylic acid groups (broad SMARTS) is 1. The quantitative estimate of drug-likeness (QED) is 0.667. The van der Waals surface area contributed by atoms with E-state index >= 15 is 0 Å². The fraction of sp³-hybridized carbons (Fsp3) is 0.412. The molecular weight excluding hydrogens is 408 g/mol. The molecule has 144 valence electrons. The molecule has 2 aliphatic rings. The van der Waals surface area contributed by atoms with Gasteiger partial charge in [0.1, 0.15) is 16.6 Å². The molecular formula is C17H18N2O5S3. The number of thiophene rings is 1. The van der Waals surface area contributed by atoms with Crippen LogP contribution in [0.2, 0.25) is 0 Å². The van der Waals surface area contributed by atoms with Crippen molar-refractivity contribution in [1.82, 2.24) is 10.2 Å². The van der Waals surface area contributed by atoms with Gasteiger partial charge < -0.3 is 10.4 Å². The highest BCUT2D eigenvalue weighted by Crippen LogP contribution is 2.46. The van der Waals surface area contributed by atoms with Crippen LogP contribution in [0, 0.1) is 0 Å². The lowest BCUT2D eigenvalue weighted by atomic mass is 9.88. The zero-order valence-corrected chi connectivity index (χ0v) is 17.1. The number of nitrogens with zero attached hydrogens (tertiary/aromatic N) is 1. The number of fused-ring (bicyclic) bond motifs is 1. The van der Waals surface area contributed by atoms with E-state index in [1.165, 1.54) is 34.9 Å². The first-order valence-corrected chi connectivity index (χ1v) is 11.0. The average molecular weight is 427 g/mol. The third kappa shape index (κ3) is 3.78. The highest BCUT2D eigenvalue weighted by atomic mass is 32.2. The highest BCUT2D eigenvalue weighted by Gasteiger charge is 2.62. The molecule has 0 radical (unpaired) electrons. The van der Waals surface area contributed by atoms with Gasteiger partial charge in [0.25, 0.3) is 5.91 Å². The minimum Gasteiger partial charge on any atom is -0.477 e. The highest BCUT2D eigenvalue weighted by molar-refractivity contribution is 8.13. The van der Waals surface area contributed by atoms with E-state index in [9.17, 15) is 24.3 Å². The molecule has 1 fully saturated rings. The van der Waals surface area contributed by atoms with E-state index in [1.54, 1.807) is 6.92 Å². The van der Waals surface area contributed by atoms with E-state index < -0.39 is 22.8 Å². The lowest BCUT2D eigenvalue weighted by molar-refractivity contribution is -0.157. The van der Waals surface area contributed by atoms with Crippen LogP contribution in [0.15, 0.2) is 28.8 Å². The normalized spacial score (nSPS) is 24.3. The van der Waals surface area contributed by atoms with Crippen molar-refractivity contribution in [2.24, 2.45) is 0 Å². The Morgan fingerprint density at radius 1 is 1.44 bits per heavy atom. The zero-order valence-electron chi connectivity index (χ0n) is 14.7. The van der Waals surface area contributed by atoms with E-state index in [4.69, 9.17) is 0 Å². The molecule has 0 aliphatic carbocycles. The predicted octanol–water partition coefficient (Wildman–Crippen LogP) is 1.70. The number of hydrogen-bond acceptors (Lipinski definition) is 7. The van der Waals surface area contributed by atoms with E-state index in [1.807, 2.05) is 17.5 Å². The molecule has 7 nitrogen and oxygen atoms in total. The lowest BCUT2D eigenvalue weighted by Gasteiger charge is -2.55. The first-order valence-electron chi connectivity index (χ1n) is 8.11. The van der Waals surface area contributed by atoms with Crippen molar-refractivity contribution in [2.45, 2.75) is 31.2 Å². The van der Waals surface area contributed by atoms with Crippen LogP contribution >= 0.6 is 34.9 Å². The third-order valence-corrected chi connectivity index (χ3v) is 7.64. The van der Waals surface area contributed by atoms with Crippen LogP contribution in [0.1, 0.15) is 18.7 Å². The van der Waals surface area contributed by atoms with Crippen molar-refractivity contribution >= 4 is 57.8 Å². The number of rotatable bonds is 6. The molecule has 3 rings (SSSR count). The van der Waals surface area contributed by atoms with E-state index in [0.717, 1.165) is 16.6 Å². The maximum atomic E-state index is 12.8. The summed E-state index contributed by atoms with van der Waals surface area (Å²) in [5.74, 6) is -1.27. The number of carbonyl (C=O) groups is 4. The van der Waals surface area contributed by atoms with Gasteiger partial charge in [0.05, 0.1) is 6.42 Å². The number of β-lactam (4-membered cyclic amide) rings is 1. The second-order valence-corrected chi connectivity index (χ2v) is 9.64. The molecule has 3 heterocycles. The minimum absolute atomic E-state index is 0.0671. The number of nitrogens with one attached hydrogen (secondary N) is 1. The molecule has 0 unspecified atom stereocenters. The van der Waals surface area contributed by atoms with Gasteiger partial charge in [0.2, 0.25) is 5.91 Å². The molecule has 2 atom stereocenters. The number of carboxylic acids is 1. The van der Waals surface area contributed by atoms with Crippen LogP contribution in [0.4, 0.5) is 0 Å². The van der Waals surface area contributed by atoms with Crippen molar-refractivity contribution in [3.05, 3.63) is 33.7 Å². The Bertz CT molecular complexity index is 836. The number of aliphatic carboxylic acids is 1. The predicted molar refractivity (Wildman–Crippen MR) is 105 cm³/mol. The topological polar surface area (TPSA) is 104 Å². The second-order valence-electron chi connectivity index (χ2n) is 6.38. The summed E-state index contributed by atoms with van der Waals surface area (Å²) in [6.07, 6.45) is 0.181. The molecule has 0 bridgehead atoms. The Morgan fingerprint density at radius 2 is 2.19 bits per heavy atom. The van der Waals surface area contributed by atoms with E-state index in [-0.39, 0.29) is 28.9 Å². The summed E-state index contributed by atoms with van der Waals surface area (Å²) in [5, 5.41) is 13.7. The van der Waals surface area contributed by atoms with Crippen LogP contribution in [0.5, 0.6) is 0 Å². The van der Waals surface area contributed by atoms with Gasteiger partial charge in [-0.2, -0.15) is 0 Å². The summed E-state index contributed by atoms with van der Waals surface area (Å²) in [7, 11) is 0. The molecule has 0 saturated carbocycles. The van der Waals surface area contributed by atoms with Gasteiger partial charge in [-0.3, -0.25) is 19.3 Å². The Kier molecular flexibility index (Phi) is 5.68. The summed E-state index contributed by atoms with van der Waals surface area (Å²) in [5.41, 5.74) is -0.661. The number of amides is 2. The number of hydrogen-bond donors (Lipinski definition) is 2. The summed E-state index contributed by atoms with van der Waals surface area (Å²) in [4.78, 5) is 50.2. The standard InChI is InChI=1S/C17H18N2O5S3/c1-9(20)26-7-10-8-27-16-17(2,15(24)19(16)13(10)14(22)23)18-12(21)6-11-4-3-5-25-11/h3-5,16H,6-8H2,1-2H3,(H,18,21)(H,22,23)/t16-,17+/m1/s1. The summed E-state index contributed by atoms with van der Waals surface area (Å²) < 4.78 is 0. The molecule has 2 N–H and O–H groups in total. The molecule has 0 aromatic carbocycles. The Morgan fingerprint density at radius 3 is 2.78 bits per heavy atom.